The number of nitrogens with zero attached hydrogens (tertiary/aromatic N) is 3. The zero-order valence-electron chi connectivity index (χ0n) is 8.81. The Morgan fingerprint density at radius 2 is 2.43 bits per heavy atom. The van der Waals surface area contributed by atoms with Gasteiger partial charge in [0.15, 0.2) is 0 Å². The zero-order chi connectivity index (χ0) is 10.4. The molecule has 0 bridgehead atoms. The van der Waals surface area contributed by atoms with Crippen LogP contribution in [0.5, 0.6) is 0 Å². The maximum Gasteiger partial charge on any atom is 0.149 e. The summed E-state index contributed by atoms with van der Waals surface area (Å²) in [5, 5.41) is 7.88. The lowest BCUT2D eigenvalue weighted by molar-refractivity contribution is 0.185. The van der Waals surface area contributed by atoms with Crippen molar-refractivity contribution in [2.45, 2.75) is 32.4 Å². The van der Waals surface area contributed by atoms with Gasteiger partial charge in [0.2, 0.25) is 0 Å². The summed E-state index contributed by atoms with van der Waals surface area (Å²) in [6, 6.07) is -0.0145. The molecule has 5 heteroatoms. The predicted octanol–water partition coefficient (Wildman–Crippen LogP) is 0.724. The van der Waals surface area contributed by atoms with Gasteiger partial charge in [0.1, 0.15) is 12.2 Å². The molecule has 1 atom stereocenters. The van der Waals surface area contributed by atoms with Crippen molar-refractivity contribution >= 4 is 0 Å². The number of hydrogen-bond acceptors (Lipinski definition) is 4. The van der Waals surface area contributed by atoms with Crippen LogP contribution < -0.4 is 5.73 Å². The number of aromatic nitrogens is 3. The third-order valence-electron chi connectivity index (χ3n) is 2.11. The van der Waals surface area contributed by atoms with Crippen LogP contribution in [0.1, 0.15) is 31.6 Å². The van der Waals surface area contributed by atoms with Crippen LogP contribution in [0.15, 0.2) is 6.33 Å². The maximum atomic E-state index is 5.96. The molecule has 0 aliphatic carbocycles. The number of rotatable bonds is 6. The van der Waals surface area contributed by atoms with E-state index in [1.165, 1.54) is 0 Å². The minimum absolute atomic E-state index is 0.0145. The second-order valence-corrected chi connectivity index (χ2v) is 3.27. The van der Waals surface area contributed by atoms with Gasteiger partial charge in [0, 0.05) is 13.7 Å². The third-order valence-corrected chi connectivity index (χ3v) is 2.11. The summed E-state index contributed by atoms with van der Waals surface area (Å²) in [6.07, 6.45) is 3.69. The summed E-state index contributed by atoms with van der Waals surface area (Å²) in [5.41, 5.74) is 5.96. The standard InChI is InChI=1S/C9H18N4O/c1-3-4-8(10)9-12-11-7-13(9)5-6-14-2/h7-8H,3-6,10H2,1-2H3. The molecule has 0 aliphatic heterocycles. The summed E-state index contributed by atoms with van der Waals surface area (Å²) in [5.74, 6) is 0.851. The molecule has 0 saturated carbocycles. The summed E-state index contributed by atoms with van der Waals surface area (Å²) >= 11 is 0. The Balaban J connectivity index is 2.61. The summed E-state index contributed by atoms with van der Waals surface area (Å²) in [4.78, 5) is 0. The molecule has 1 aromatic heterocycles. The third kappa shape index (κ3) is 2.78. The maximum absolute atomic E-state index is 5.96. The predicted molar refractivity (Wildman–Crippen MR) is 53.7 cm³/mol. The smallest absolute Gasteiger partial charge is 0.149 e. The number of nitrogens with two attached hydrogens (primary N) is 1. The first-order chi connectivity index (χ1) is 6.79. The molecular formula is C9H18N4O. The van der Waals surface area contributed by atoms with Crippen LogP contribution in [0.2, 0.25) is 0 Å². The van der Waals surface area contributed by atoms with Crippen LogP contribution in [-0.4, -0.2) is 28.5 Å². The molecule has 14 heavy (non-hydrogen) atoms. The molecule has 0 fully saturated rings. The zero-order valence-corrected chi connectivity index (χ0v) is 8.81. The average Bonchev–Trinajstić information content (AvgIpc) is 2.63. The fraction of sp³-hybridized carbons (Fsp3) is 0.778. The lowest BCUT2D eigenvalue weighted by Gasteiger charge is -2.11. The molecule has 0 saturated heterocycles. The molecule has 5 nitrogen and oxygen atoms in total. The van der Waals surface area contributed by atoms with Crippen LogP contribution in [0.3, 0.4) is 0 Å². The summed E-state index contributed by atoms with van der Waals surface area (Å²) in [6.45, 7) is 3.52. The molecule has 80 valence electrons. The van der Waals surface area contributed by atoms with Gasteiger partial charge in [-0.1, -0.05) is 13.3 Å². The monoisotopic (exact) mass is 198 g/mol. The molecule has 1 rings (SSSR count). The van der Waals surface area contributed by atoms with Crippen molar-refractivity contribution in [1.29, 1.82) is 0 Å². The second-order valence-electron chi connectivity index (χ2n) is 3.27. The van der Waals surface area contributed by atoms with E-state index in [2.05, 4.69) is 17.1 Å². The lowest BCUT2D eigenvalue weighted by atomic mass is 10.2. The average molecular weight is 198 g/mol. The molecule has 0 spiro atoms. The van der Waals surface area contributed by atoms with E-state index >= 15 is 0 Å². The highest BCUT2D eigenvalue weighted by Gasteiger charge is 2.11. The van der Waals surface area contributed by atoms with Gasteiger partial charge in [-0.25, -0.2) is 0 Å². The van der Waals surface area contributed by atoms with Gasteiger partial charge in [-0.15, -0.1) is 10.2 Å². The van der Waals surface area contributed by atoms with E-state index in [9.17, 15) is 0 Å². The topological polar surface area (TPSA) is 66.0 Å². The van der Waals surface area contributed by atoms with Gasteiger partial charge in [0.05, 0.1) is 12.6 Å². The van der Waals surface area contributed by atoms with Gasteiger partial charge in [0.25, 0.3) is 0 Å². The van der Waals surface area contributed by atoms with Gasteiger partial charge in [-0.2, -0.15) is 0 Å². The van der Waals surface area contributed by atoms with E-state index in [0.29, 0.717) is 6.61 Å². The molecule has 2 N–H and O–H groups in total. The number of ether oxygens (including phenoxy) is 1. The van der Waals surface area contributed by atoms with Crippen molar-refractivity contribution in [3.05, 3.63) is 12.2 Å². The fourth-order valence-corrected chi connectivity index (χ4v) is 1.35. The normalized spacial score (nSPS) is 13.1. The highest BCUT2D eigenvalue weighted by Crippen LogP contribution is 2.12. The highest BCUT2D eigenvalue weighted by atomic mass is 16.5. The Kier molecular flexibility index (Phi) is 4.55. The fourth-order valence-electron chi connectivity index (χ4n) is 1.35. The van der Waals surface area contributed by atoms with Gasteiger partial charge in [-0.3, -0.25) is 0 Å². The van der Waals surface area contributed by atoms with Crippen molar-refractivity contribution in [3.8, 4) is 0 Å². The molecule has 0 amide bonds. The first-order valence-corrected chi connectivity index (χ1v) is 4.91. The summed E-state index contributed by atoms with van der Waals surface area (Å²) < 4.78 is 6.94. The van der Waals surface area contributed by atoms with E-state index in [-0.39, 0.29) is 6.04 Å². The summed E-state index contributed by atoms with van der Waals surface area (Å²) in [7, 11) is 1.68. The Labute approximate surface area is 84.3 Å². The van der Waals surface area contributed by atoms with Crippen molar-refractivity contribution in [1.82, 2.24) is 14.8 Å². The molecule has 0 aromatic carbocycles. The minimum Gasteiger partial charge on any atom is -0.383 e. The molecule has 0 aliphatic rings. The molecule has 1 aromatic rings. The van der Waals surface area contributed by atoms with Gasteiger partial charge >= 0.3 is 0 Å². The highest BCUT2D eigenvalue weighted by molar-refractivity contribution is 4.93. The second kappa shape index (κ2) is 5.72. The first-order valence-electron chi connectivity index (χ1n) is 4.91. The van der Waals surface area contributed by atoms with Crippen LogP contribution in [-0.2, 0) is 11.3 Å². The quantitative estimate of drug-likeness (QED) is 0.731. The minimum atomic E-state index is -0.0145. The van der Waals surface area contributed by atoms with Crippen molar-refractivity contribution in [2.75, 3.05) is 13.7 Å². The van der Waals surface area contributed by atoms with Crippen molar-refractivity contribution < 1.29 is 4.74 Å². The van der Waals surface area contributed by atoms with Crippen LogP contribution in [0, 0.1) is 0 Å². The van der Waals surface area contributed by atoms with Crippen molar-refractivity contribution in [2.24, 2.45) is 5.73 Å². The van der Waals surface area contributed by atoms with Gasteiger partial charge in [-0.05, 0) is 6.42 Å². The van der Waals surface area contributed by atoms with Crippen LogP contribution >= 0.6 is 0 Å². The van der Waals surface area contributed by atoms with E-state index < -0.39 is 0 Å². The van der Waals surface area contributed by atoms with E-state index in [4.69, 9.17) is 10.5 Å². The van der Waals surface area contributed by atoms with Crippen LogP contribution in [0.4, 0.5) is 0 Å². The van der Waals surface area contributed by atoms with Crippen LogP contribution in [0.25, 0.3) is 0 Å². The number of methoxy groups -OCH3 is 1. The lowest BCUT2D eigenvalue weighted by Crippen LogP contribution is -2.17. The molecule has 0 radical (unpaired) electrons. The largest absolute Gasteiger partial charge is 0.383 e. The van der Waals surface area contributed by atoms with Crippen molar-refractivity contribution in [3.63, 3.8) is 0 Å². The SMILES string of the molecule is CCCC(N)c1nncn1CCOC. The Hall–Kier alpha value is -0.940. The Bertz CT molecular complexity index is 261. The molecule has 1 unspecified atom stereocenters. The van der Waals surface area contributed by atoms with E-state index in [1.807, 2.05) is 4.57 Å². The van der Waals surface area contributed by atoms with E-state index in [1.54, 1.807) is 13.4 Å². The number of hydrogen-bond donors (Lipinski definition) is 1. The Morgan fingerprint density at radius 1 is 1.64 bits per heavy atom. The van der Waals surface area contributed by atoms with E-state index in [0.717, 1.165) is 25.2 Å². The first kappa shape index (κ1) is 11.1. The molecular weight excluding hydrogens is 180 g/mol. The molecule has 1 heterocycles. The Morgan fingerprint density at radius 3 is 3.07 bits per heavy atom. The van der Waals surface area contributed by atoms with Gasteiger partial charge < -0.3 is 15.0 Å².